The summed E-state index contributed by atoms with van der Waals surface area (Å²) in [7, 11) is -6.95. The molecule has 0 atom stereocenters. The normalized spacial score (nSPS) is 18.8. The predicted octanol–water partition coefficient (Wildman–Crippen LogP) is 6.52. The Balaban J connectivity index is 1.24. The number of hydrogen-bond donors (Lipinski definition) is 2. The zero-order chi connectivity index (χ0) is 27.3. The highest BCUT2D eigenvalue weighted by atomic mass is 32.1. The molecule has 2 saturated heterocycles. The molecule has 2 aliphatic rings. The van der Waals surface area contributed by atoms with Crippen molar-refractivity contribution in [3.8, 4) is 16.3 Å². The van der Waals surface area contributed by atoms with Crippen LogP contribution in [0.5, 0.6) is 5.75 Å². The van der Waals surface area contributed by atoms with Crippen LogP contribution in [0.15, 0.2) is 48.5 Å². The topological polar surface area (TPSA) is 99.5 Å². The van der Waals surface area contributed by atoms with Crippen molar-refractivity contribution in [2.24, 2.45) is 0 Å². The summed E-state index contributed by atoms with van der Waals surface area (Å²) in [6, 6.07) is 14.6. The van der Waals surface area contributed by atoms with Crippen molar-refractivity contribution in [1.82, 2.24) is 4.98 Å². The lowest BCUT2D eigenvalue weighted by Crippen LogP contribution is -2.31. The van der Waals surface area contributed by atoms with Gasteiger partial charge in [0, 0.05) is 23.3 Å². The Morgan fingerprint density at radius 2 is 1.62 bits per heavy atom. The molecule has 0 aliphatic carbocycles. The predicted molar refractivity (Wildman–Crippen MR) is 151 cm³/mol. The van der Waals surface area contributed by atoms with Gasteiger partial charge in [-0.2, -0.15) is 27.9 Å². The number of benzene rings is 2. The highest BCUT2D eigenvalue weighted by Crippen LogP contribution is 2.80. The molecule has 8 nitrogen and oxygen atoms in total. The fraction of sp³-hybridized carbons (Fsp3) is 0.444. The van der Waals surface area contributed by atoms with E-state index in [2.05, 4.69) is 6.92 Å². The minimum atomic E-state index is -3.48. The van der Waals surface area contributed by atoms with E-state index in [0.29, 0.717) is 57.9 Å². The van der Waals surface area contributed by atoms with Gasteiger partial charge in [0.1, 0.15) is 5.01 Å². The molecule has 5 rings (SSSR count). The number of hydrogen-bond acceptors (Lipinski definition) is 9. The Bertz CT molecular complexity index is 1210. The third-order valence-electron chi connectivity index (χ3n) is 6.58. The van der Waals surface area contributed by atoms with Crippen molar-refractivity contribution in [3.63, 3.8) is 0 Å². The van der Waals surface area contributed by atoms with Crippen LogP contribution in [0.3, 0.4) is 0 Å². The van der Waals surface area contributed by atoms with Gasteiger partial charge in [0.25, 0.3) is 0 Å². The Kier molecular flexibility index (Phi) is 9.60. The van der Waals surface area contributed by atoms with Crippen LogP contribution >= 0.6 is 27.2 Å². The lowest BCUT2D eigenvalue weighted by molar-refractivity contribution is 0.0976. The SMILES string of the molecule is Cc1sc(-c2ccccc2)nc1CCCOc1cc(CC([P+]2(O)OCCCO2)[P+]2(O)OCCCO2)ccc1F. The molecule has 2 N–H and O–H groups in total. The van der Waals surface area contributed by atoms with Crippen LogP contribution in [0.2, 0.25) is 0 Å². The Labute approximate surface area is 233 Å². The second-order valence-electron chi connectivity index (χ2n) is 9.46. The number of ether oxygens (including phenoxy) is 1. The number of thiazole rings is 1. The molecule has 2 aliphatic heterocycles. The van der Waals surface area contributed by atoms with Crippen molar-refractivity contribution in [3.05, 3.63) is 70.5 Å². The van der Waals surface area contributed by atoms with Crippen molar-refractivity contribution in [2.75, 3.05) is 33.0 Å². The van der Waals surface area contributed by atoms with Crippen molar-refractivity contribution in [2.45, 2.75) is 44.4 Å². The van der Waals surface area contributed by atoms with Gasteiger partial charge in [0.05, 0.1) is 45.1 Å². The first-order valence-electron chi connectivity index (χ1n) is 13.1. The highest BCUT2D eigenvalue weighted by Gasteiger charge is 2.71. The van der Waals surface area contributed by atoms with Crippen LogP contribution in [-0.4, -0.2) is 53.2 Å². The van der Waals surface area contributed by atoms with E-state index in [1.54, 1.807) is 23.5 Å². The third kappa shape index (κ3) is 7.02. The molecule has 3 heterocycles. The number of rotatable bonds is 10. The molecule has 2 aromatic carbocycles. The van der Waals surface area contributed by atoms with E-state index >= 15 is 0 Å². The van der Waals surface area contributed by atoms with Crippen LogP contribution in [0.4, 0.5) is 4.39 Å². The maximum Gasteiger partial charge on any atom is 0.460 e. The minimum Gasteiger partial charge on any atom is -0.490 e. The molecular formula is C27H34FNO7P2S+2. The monoisotopic (exact) mass is 597 g/mol. The second-order valence-corrected chi connectivity index (χ2v) is 15.6. The van der Waals surface area contributed by atoms with E-state index in [0.717, 1.165) is 27.6 Å². The minimum absolute atomic E-state index is 0.109. The van der Waals surface area contributed by atoms with E-state index in [1.165, 1.54) is 6.07 Å². The number of aromatic nitrogens is 1. The summed E-state index contributed by atoms with van der Waals surface area (Å²) in [5.41, 5.74) is 2.77. The molecule has 2 fully saturated rings. The standard InChI is InChI=1S/C27H34FNO7P2S/c1-20-24(29-27(39-20)22-8-3-2-4-9-22)10-5-13-32-25-18-21(11-12-23(25)28)19-26(37(30)33-14-6-15-34-37)38(31)35-16-7-17-36-38/h2-4,8-9,11-12,18,26,30-31H,5-7,10,13-17,19H2,1H3/q+2. The first kappa shape index (κ1) is 28.9. The molecular weight excluding hydrogens is 563 g/mol. The molecule has 12 heteroatoms. The molecule has 0 bridgehead atoms. The molecule has 1 aromatic heterocycles. The molecule has 39 heavy (non-hydrogen) atoms. The maximum absolute atomic E-state index is 14.7. The van der Waals surface area contributed by atoms with Gasteiger partial charge >= 0.3 is 21.3 Å². The number of aryl methyl sites for hydroxylation is 2. The van der Waals surface area contributed by atoms with Crippen LogP contribution in [0.25, 0.3) is 10.6 Å². The fourth-order valence-corrected chi connectivity index (χ4v) is 11.0. The van der Waals surface area contributed by atoms with Crippen LogP contribution in [0, 0.1) is 12.7 Å². The van der Waals surface area contributed by atoms with Gasteiger partial charge in [-0.25, -0.2) is 9.37 Å². The van der Waals surface area contributed by atoms with E-state index in [1.807, 2.05) is 30.3 Å². The lowest BCUT2D eigenvalue weighted by atomic mass is 10.1. The summed E-state index contributed by atoms with van der Waals surface area (Å²) >= 11 is 1.67. The van der Waals surface area contributed by atoms with Crippen LogP contribution in [0.1, 0.15) is 35.4 Å². The summed E-state index contributed by atoms with van der Waals surface area (Å²) in [4.78, 5) is 28.5. The number of halogens is 1. The highest BCUT2D eigenvalue weighted by molar-refractivity contribution is 7.79. The molecule has 210 valence electrons. The van der Waals surface area contributed by atoms with E-state index in [-0.39, 0.29) is 12.2 Å². The van der Waals surface area contributed by atoms with Gasteiger partial charge in [0.15, 0.2) is 11.6 Å². The molecule has 3 aromatic rings. The smallest absolute Gasteiger partial charge is 0.460 e. The molecule has 0 saturated carbocycles. The van der Waals surface area contributed by atoms with Gasteiger partial charge in [0.2, 0.25) is 0 Å². The summed E-state index contributed by atoms with van der Waals surface area (Å²) in [6.45, 7) is 3.67. The maximum atomic E-state index is 14.7. The number of nitrogens with zero attached hydrogens (tertiary/aromatic N) is 1. The summed E-state index contributed by atoms with van der Waals surface area (Å²) < 4.78 is 43.2. The van der Waals surface area contributed by atoms with E-state index < -0.39 is 27.1 Å². The Morgan fingerprint density at radius 1 is 0.974 bits per heavy atom. The zero-order valence-corrected chi connectivity index (χ0v) is 24.4. The quantitative estimate of drug-likeness (QED) is 0.201. The average Bonchev–Trinajstić information content (AvgIpc) is 3.32. The molecule has 0 unspecified atom stereocenters. The van der Waals surface area contributed by atoms with Crippen molar-refractivity contribution in [1.29, 1.82) is 0 Å². The van der Waals surface area contributed by atoms with Crippen LogP contribution < -0.4 is 4.74 Å². The lowest BCUT2D eigenvalue weighted by Gasteiger charge is -2.31. The van der Waals surface area contributed by atoms with Gasteiger partial charge < -0.3 is 4.74 Å². The van der Waals surface area contributed by atoms with Gasteiger partial charge in [-0.3, -0.25) is 0 Å². The zero-order valence-electron chi connectivity index (χ0n) is 21.8. The largest absolute Gasteiger partial charge is 0.490 e. The fourth-order valence-electron chi connectivity index (χ4n) is 4.52. The molecule has 0 radical (unpaired) electrons. The van der Waals surface area contributed by atoms with Crippen molar-refractivity contribution >= 4 is 27.2 Å². The summed E-state index contributed by atoms with van der Waals surface area (Å²) in [5.74, 6) is -0.373. The van der Waals surface area contributed by atoms with Crippen LogP contribution in [-0.2, 0) is 30.9 Å². The van der Waals surface area contributed by atoms with E-state index in [9.17, 15) is 14.2 Å². The van der Waals surface area contributed by atoms with E-state index in [4.69, 9.17) is 27.8 Å². The Morgan fingerprint density at radius 3 is 2.26 bits per heavy atom. The van der Waals surface area contributed by atoms with Gasteiger partial charge in [-0.05, 0) is 37.5 Å². The summed E-state index contributed by atoms with van der Waals surface area (Å²) in [6.07, 6.45) is 2.82. The van der Waals surface area contributed by atoms with Crippen molar-refractivity contribution < 1.29 is 37.0 Å². The van der Waals surface area contributed by atoms with Gasteiger partial charge in [-0.1, -0.05) is 36.4 Å². The second kappa shape index (κ2) is 12.9. The first-order valence-corrected chi connectivity index (χ1v) is 17.2. The third-order valence-corrected chi connectivity index (χ3v) is 13.5. The first-order chi connectivity index (χ1) is 18.9. The molecule has 0 amide bonds. The summed E-state index contributed by atoms with van der Waals surface area (Å²) in [5, 5.41) is 0.0681. The Hall–Kier alpha value is -1.58. The average molecular weight is 598 g/mol. The molecule has 0 spiro atoms. The van der Waals surface area contributed by atoms with Gasteiger partial charge in [-0.15, -0.1) is 11.3 Å².